The number of carbonyl (C=O) groups excluding carboxylic acids is 1. The molecule has 1 aliphatic heterocycles. The van der Waals surface area contributed by atoms with E-state index in [4.69, 9.17) is 4.74 Å². The van der Waals surface area contributed by atoms with E-state index in [1.54, 1.807) is 13.8 Å². The molecule has 0 aromatic heterocycles. The minimum absolute atomic E-state index is 0.207. The lowest BCUT2D eigenvalue weighted by Crippen LogP contribution is -2.45. The lowest BCUT2D eigenvalue weighted by molar-refractivity contribution is -0.119. The monoisotopic (exact) mass is 425 g/mol. The SMILES string of the molecule is Cc1cc(N2C[C@@H](C)O[C@@H](C)C2)ccc1NCCCCC(=O)NS(=O)(=O)C(C)C. The quantitative estimate of drug-likeness (QED) is 0.591. The molecule has 7 nitrogen and oxygen atoms in total. The predicted molar refractivity (Wildman–Crippen MR) is 118 cm³/mol. The molecule has 1 aliphatic rings. The lowest BCUT2D eigenvalue weighted by Gasteiger charge is -2.37. The third kappa shape index (κ3) is 7.19. The van der Waals surface area contributed by atoms with Crippen LogP contribution in [0.15, 0.2) is 18.2 Å². The molecule has 164 valence electrons. The molecule has 1 aromatic rings. The molecular formula is C21H35N3O4S. The summed E-state index contributed by atoms with van der Waals surface area (Å²) in [5.41, 5.74) is 3.46. The molecule has 0 spiro atoms. The van der Waals surface area contributed by atoms with Crippen LogP contribution in [0.25, 0.3) is 0 Å². The van der Waals surface area contributed by atoms with Crippen molar-refractivity contribution in [2.45, 2.75) is 71.3 Å². The second-order valence-electron chi connectivity index (χ2n) is 8.16. The molecule has 0 aliphatic carbocycles. The Morgan fingerprint density at radius 2 is 1.86 bits per heavy atom. The Kier molecular flexibility index (Phi) is 8.34. The first-order valence-corrected chi connectivity index (χ1v) is 11.9. The molecular weight excluding hydrogens is 390 g/mol. The number of hydrogen-bond acceptors (Lipinski definition) is 6. The van der Waals surface area contributed by atoms with E-state index in [0.717, 1.165) is 31.7 Å². The van der Waals surface area contributed by atoms with Crippen LogP contribution in [0.4, 0.5) is 11.4 Å². The fourth-order valence-electron chi connectivity index (χ4n) is 3.39. The molecule has 0 radical (unpaired) electrons. The number of unbranched alkanes of at least 4 members (excludes halogenated alkanes) is 1. The zero-order valence-corrected chi connectivity index (χ0v) is 19.0. The minimum Gasteiger partial charge on any atom is -0.385 e. The largest absolute Gasteiger partial charge is 0.385 e. The molecule has 29 heavy (non-hydrogen) atoms. The number of rotatable bonds is 9. The Morgan fingerprint density at radius 1 is 1.21 bits per heavy atom. The summed E-state index contributed by atoms with van der Waals surface area (Å²) in [4.78, 5) is 14.1. The van der Waals surface area contributed by atoms with Crippen molar-refractivity contribution in [1.82, 2.24) is 4.72 Å². The second kappa shape index (κ2) is 10.3. The van der Waals surface area contributed by atoms with E-state index in [1.807, 2.05) is 0 Å². The van der Waals surface area contributed by atoms with Crippen molar-refractivity contribution in [1.29, 1.82) is 0 Å². The van der Waals surface area contributed by atoms with Gasteiger partial charge in [-0.25, -0.2) is 8.42 Å². The molecule has 2 rings (SSSR count). The molecule has 1 amide bonds. The highest BCUT2D eigenvalue weighted by atomic mass is 32.2. The van der Waals surface area contributed by atoms with Gasteiger partial charge in [0.2, 0.25) is 15.9 Å². The first kappa shape index (κ1) is 23.5. The van der Waals surface area contributed by atoms with Crippen LogP contribution in [0.1, 0.15) is 52.5 Å². The molecule has 2 N–H and O–H groups in total. The number of sulfonamides is 1. The summed E-state index contributed by atoms with van der Waals surface area (Å²) >= 11 is 0. The number of hydrogen-bond donors (Lipinski definition) is 2. The first-order chi connectivity index (χ1) is 13.6. The van der Waals surface area contributed by atoms with Gasteiger partial charge in [0.25, 0.3) is 0 Å². The Labute approximate surface area is 175 Å². The molecule has 0 bridgehead atoms. The highest BCUT2D eigenvalue weighted by Crippen LogP contribution is 2.25. The summed E-state index contributed by atoms with van der Waals surface area (Å²) in [6.45, 7) is 11.9. The van der Waals surface area contributed by atoms with Gasteiger partial charge in [-0.1, -0.05) is 0 Å². The summed E-state index contributed by atoms with van der Waals surface area (Å²) in [6, 6.07) is 6.42. The van der Waals surface area contributed by atoms with Gasteiger partial charge in [0.15, 0.2) is 0 Å². The van der Waals surface area contributed by atoms with Crippen LogP contribution in [0, 0.1) is 6.92 Å². The Morgan fingerprint density at radius 3 is 2.45 bits per heavy atom. The zero-order valence-electron chi connectivity index (χ0n) is 18.2. The average Bonchev–Trinajstić information content (AvgIpc) is 2.61. The lowest BCUT2D eigenvalue weighted by atomic mass is 10.1. The number of nitrogens with one attached hydrogen (secondary N) is 2. The standard InChI is InChI=1S/C21H35N3O4S/c1-15(2)29(26,27)23-21(25)8-6-7-11-22-20-10-9-19(12-16(20)3)24-13-17(4)28-18(5)14-24/h9-10,12,15,17-18,22H,6-8,11,13-14H2,1-5H3,(H,23,25)/t17-,18+. The third-order valence-corrected chi connectivity index (χ3v) is 6.77. The van der Waals surface area contributed by atoms with Crippen molar-refractivity contribution < 1.29 is 17.9 Å². The number of nitrogens with zero attached hydrogens (tertiary/aromatic N) is 1. The van der Waals surface area contributed by atoms with Crippen LogP contribution in [0.3, 0.4) is 0 Å². The first-order valence-electron chi connectivity index (χ1n) is 10.4. The number of carbonyl (C=O) groups is 1. The number of anilines is 2. The maximum absolute atomic E-state index is 11.8. The van der Waals surface area contributed by atoms with Crippen molar-refractivity contribution in [2.75, 3.05) is 29.9 Å². The van der Waals surface area contributed by atoms with Crippen LogP contribution in [-0.4, -0.2) is 51.4 Å². The summed E-state index contributed by atoms with van der Waals surface area (Å²) in [5.74, 6) is -0.437. The van der Waals surface area contributed by atoms with E-state index in [9.17, 15) is 13.2 Å². The van der Waals surface area contributed by atoms with E-state index in [-0.39, 0.29) is 18.6 Å². The summed E-state index contributed by atoms with van der Waals surface area (Å²) in [6.07, 6.45) is 2.08. The maximum atomic E-state index is 11.8. The van der Waals surface area contributed by atoms with E-state index >= 15 is 0 Å². The smallest absolute Gasteiger partial charge is 0.237 e. The molecule has 1 heterocycles. The zero-order chi connectivity index (χ0) is 21.6. The number of aryl methyl sites for hydroxylation is 1. The van der Waals surface area contributed by atoms with Gasteiger partial charge in [0.1, 0.15) is 0 Å². The van der Waals surface area contributed by atoms with Crippen LogP contribution in [0.2, 0.25) is 0 Å². The van der Waals surface area contributed by atoms with Crippen LogP contribution in [-0.2, 0) is 19.6 Å². The second-order valence-corrected chi connectivity index (χ2v) is 10.4. The van der Waals surface area contributed by atoms with Crippen molar-refractivity contribution in [2.24, 2.45) is 0 Å². The van der Waals surface area contributed by atoms with Gasteiger partial charge in [-0.2, -0.15) is 0 Å². The van der Waals surface area contributed by atoms with Crippen LogP contribution >= 0.6 is 0 Å². The molecule has 2 atom stereocenters. The number of morpholine rings is 1. The highest BCUT2D eigenvalue weighted by molar-refractivity contribution is 7.90. The number of benzene rings is 1. The summed E-state index contributed by atoms with van der Waals surface area (Å²) in [7, 11) is -3.54. The fourth-order valence-corrected chi connectivity index (χ4v) is 4.05. The summed E-state index contributed by atoms with van der Waals surface area (Å²) < 4.78 is 31.3. The van der Waals surface area contributed by atoms with Gasteiger partial charge in [-0.05, 0) is 71.2 Å². The van der Waals surface area contributed by atoms with Crippen molar-refractivity contribution >= 4 is 27.3 Å². The molecule has 0 saturated carbocycles. The third-order valence-electron chi connectivity index (χ3n) is 5.02. The predicted octanol–water partition coefficient (Wildman–Crippen LogP) is 3.05. The molecule has 1 aromatic carbocycles. The molecule has 1 saturated heterocycles. The fraction of sp³-hybridized carbons (Fsp3) is 0.667. The number of ether oxygens (including phenoxy) is 1. The maximum Gasteiger partial charge on any atom is 0.237 e. The Bertz CT molecular complexity index is 785. The van der Waals surface area contributed by atoms with Crippen LogP contribution < -0.4 is 14.9 Å². The van der Waals surface area contributed by atoms with Crippen molar-refractivity contribution in [3.8, 4) is 0 Å². The molecule has 1 fully saturated rings. The molecule has 8 heteroatoms. The van der Waals surface area contributed by atoms with Gasteiger partial charge >= 0.3 is 0 Å². The van der Waals surface area contributed by atoms with E-state index in [1.165, 1.54) is 11.3 Å². The van der Waals surface area contributed by atoms with Gasteiger partial charge in [-0.3, -0.25) is 9.52 Å². The van der Waals surface area contributed by atoms with E-state index < -0.39 is 21.2 Å². The topological polar surface area (TPSA) is 87.7 Å². The van der Waals surface area contributed by atoms with Crippen molar-refractivity contribution in [3.05, 3.63) is 23.8 Å². The van der Waals surface area contributed by atoms with Gasteiger partial charge in [-0.15, -0.1) is 0 Å². The Hall–Kier alpha value is -1.80. The normalized spacial score (nSPS) is 20.0. The highest BCUT2D eigenvalue weighted by Gasteiger charge is 2.22. The minimum atomic E-state index is -3.54. The molecule has 0 unspecified atom stereocenters. The summed E-state index contributed by atoms with van der Waals surface area (Å²) in [5, 5.41) is 2.80. The Balaban J connectivity index is 1.76. The van der Waals surface area contributed by atoms with E-state index in [0.29, 0.717) is 6.42 Å². The van der Waals surface area contributed by atoms with E-state index in [2.05, 4.69) is 53.9 Å². The van der Waals surface area contributed by atoms with Gasteiger partial charge < -0.3 is 15.0 Å². The van der Waals surface area contributed by atoms with Crippen LogP contribution in [0.5, 0.6) is 0 Å². The average molecular weight is 426 g/mol. The van der Waals surface area contributed by atoms with Gasteiger partial charge in [0.05, 0.1) is 17.5 Å². The van der Waals surface area contributed by atoms with Crippen molar-refractivity contribution in [3.63, 3.8) is 0 Å². The number of amides is 1. The van der Waals surface area contributed by atoms with Gasteiger partial charge in [0, 0.05) is 37.4 Å².